The lowest BCUT2D eigenvalue weighted by Crippen LogP contribution is -2.33. The molecule has 2 aromatic rings. The van der Waals surface area contributed by atoms with Gasteiger partial charge in [-0.3, -0.25) is 0 Å². The third-order valence-electron chi connectivity index (χ3n) is 4.02. The molecule has 24 heavy (non-hydrogen) atoms. The monoisotopic (exact) mass is 325 g/mol. The first kappa shape index (κ1) is 16.2. The molecule has 0 spiro atoms. The SMILES string of the molecule is COc1cccc(CCc2ccccc2OC[C@H]2CNC=CO2)c1. The molecule has 1 aliphatic heterocycles. The van der Waals surface area contributed by atoms with Gasteiger partial charge in [-0.2, -0.15) is 0 Å². The summed E-state index contributed by atoms with van der Waals surface area (Å²) < 4.78 is 16.8. The highest BCUT2D eigenvalue weighted by molar-refractivity contribution is 5.35. The van der Waals surface area contributed by atoms with Crippen LogP contribution in [0.15, 0.2) is 61.0 Å². The number of nitrogens with one attached hydrogen (secondary N) is 1. The predicted octanol–water partition coefficient (Wildman–Crippen LogP) is 3.32. The Morgan fingerprint density at radius 3 is 2.88 bits per heavy atom. The normalized spacial score (nSPS) is 16.1. The van der Waals surface area contributed by atoms with Gasteiger partial charge in [-0.05, 0) is 42.2 Å². The Hall–Kier alpha value is -2.62. The van der Waals surface area contributed by atoms with Gasteiger partial charge in [0.2, 0.25) is 0 Å². The Morgan fingerprint density at radius 1 is 1.12 bits per heavy atom. The molecular formula is C20H23NO3. The molecule has 0 saturated carbocycles. The Labute approximate surface area is 143 Å². The first-order valence-electron chi connectivity index (χ1n) is 8.22. The second-order valence-corrected chi connectivity index (χ2v) is 5.74. The molecule has 0 unspecified atom stereocenters. The van der Waals surface area contributed by atoms with Gasteiger partial charge in [0.15, 0.2) is 0 Å². The van der Waals surface area contributed by atoms with Crippen molar-refractivity contribution in [3.63, 3.8) is 0 Å². The van der Waals surface area contributed by atoms with Crippen LogP contribution in [0.4, 0.5) is 0 Å². The van der Waals surface area contributed by atoms with E-state index < -0.39 is 0 Å². The molecule has 0 fully saturated rings. The molecule has 0 bridgehead atoms. The minimum Gasteiger partial charge on any atom is -0.497 e. The van der Waals surface area contributed by atoms with Crippen LogP contribution in [0.3, 0.4) is 0 Å². The second kappa shape index (κ2) is 8.29. The van der Waals surface area contributed by atoms with E-state index in [4.69, 9.17) is 14.2 Å². The van der Waals surface area contributed by atoms with Crippen LogP contribution >= 0.6 is 0 Å². The lowest BCUT2D eigenvalue weighted by Gasteiger charge is -2.21. The fourth-order valence-corrected chi connectivity index (χ4v) is 2.69. The van der Waals surface area contributed by atoms with Crippen molar-refractivity contribution in [2.45, 2.75) is 18.9 Å². The fourth-order valence-electron chi connectivity index (χ4n) is 2.69. The molecule has 1 N–H and O–H groups in total. The molecule has 3 rings (SSSR count). The molecule has 0 aromatic heterocycles. The third-order valence-corrected chi connectivity index (χ3v) is 4.02. The average molecular weight is 325 g/mol. The van der Waals surface area contributed by atoms with Crippen LogP contribution in [0.25, 0.3) is 0 Å². The molecule has 1 atom stereocenters. The van der Waals surface area contributed by atoms with Crippen molar-refractivity contribution in [2.75, 3.05) is 20.3 Å². The van der Waals surface area contributed by atoms with E-state index in [1.54, 1.807) is 19.6 Å². The van der Waals surface area contributed by atoms with Crippen LogP contribution in [-0.2, 0) is 17.6 Å². The fraction of sp³-hybridized carbons (Fsp3) is 0.300. The van der Waals surface area contributed by atoms with Crippen LogP contribution in [0.5, 0.6) is 11.5 Å². The van der Waals surface area contributed by atoms with Crippen molar-refractivity contribution in [2.24, 2.45) is 0 Å². The lowest BCUT2D eigenvalue weighted by molar-refractivity contribution is 0.0797. The van der Waals surface area contributed by atoms with Crippen molar-refractivity contribution in [1.29, 1.82) is 0 Å². The van der Waals surface area contributed by atoms with Crippen LogP contribution in [-0.4, -0.2) is 26.4 Å². The predicted molar refractivity (Wildman–Crippen MR) is 94.4 cm³/mol. The maximum Gasteiger partial charge on any atom is 0.149 e. The standard InChI is InChI=1S/C20H23NO3/c1-22-18-7-4-5-16(13-18)9-10-17-6-2-3-8-20(17)24-15-19-14-21-11-12-23-19/h2-8,11-13,19,21H,9-10,14-15H2,1H3/t19-/m1/s1. The Bertz CT molecular complexity index is 684. The topological polar surface area (TPSA) is 39.7 Å². The molecule has 0 saturated heterocycles. The van der Waals surface area contributed by atoms with Gasteiger partial charge in [0.25, 0.3) is 0 Å². The van der Waals surface area contributed by atoms with Gasteiger partial charge in [0.05, 0.1) is 19.9 Å². The maximum absolute atomic E-state index is 5.99. The van der Waals surface area contributed by atoms with E-state index in [0.29, 0.717) is 6.61 Å². The lowest BCUT2D eigenvalue weighted by atomic mass is 10.0. The Morgan fingerprint density at radius 2 is 2.04 bits per heavy atom. The number of hydrogen-bond donors (Lipinski definition) is 1. The minimum absolute atomic E-state index is 0.0430. The first-order valence-corrected chi connectivity index (χ1v) is 8.22. The van der Waals surface area contributed by atoms with Crippen LogP contribution in [0, 0.1) is 0 Å². The number of benzene rings is 2. The zero-order chi connectivity index (χ0) is 16.6. The molecule has 1 heterocycles. The smallest absolute Gasteiger partial charge is 0.149 e. The van der Waals surface area contributed by atoms with Gasteiger partial charge in [-0.25, -0.2) is 0 Å². The van der Waals surface area contributed by atoms with E-state index in [0.717, 1.165) is 30.9 Å². The van der Waals surface area contributed by atoms with Crippen LogP contribution in [0.2, 0.25) is 0 Å². The number of hydrogen-bond acceptors (Lipinski definition) is 4. The number of methoxy groups -OCH3 is 1. The van der Waals surface area contributed by atoms with E-state index in [9.17, 15) is 0 Å². The highest BCUT2D eigenvalue weighted by Crippen LogP contribution is 2.22. The summed E-state index contributed by atoms with van der Waals surface area (Å²) in [6, 6.07) is 16.4. The molecule has 4 nitrogen and oxygen atoms in total. The summed E-state index contributed by atoms with van der Waals surface area (Å²) in [7, 11) is 1.69. The van der Waals surface area contributed by atoms with E-state index in [2.05, 4.69) is 29.6 Å². The van der Waals surface area contributed by atoms with E-state index in [1.807, 2.05) is 24.3 Å². The third kappa shape index (κ3) is 4.44. The van der Waals surface area contributed by atoms with Gasteiger partial charge in [0.1, 0.15) is 24.2 Å². The van der Waals surface area contributed by atoms with Crippen molar-refractivity contribution >= 4 is 0 Å². The number of aryl methyl sites for hydroxylation is 2. The zero-order valence-electron chi connectivity index (χ0n) is 13.9. The summed E-state index contributed by atoms with van der Waals surface area (Å²) >= 11 is 0. The number of ether oxygens (including phenoxy) is 3. The summed E-state index contributed by atoms with van der Waals surface area (Å²) in [6.45, 7) is 1.30. The van der Waals surface area contributed by atoms with E-state index in [-0.39, 0.29) is 6.10 Å². The summed E-state index contributed by atoms with van der Waals surface area (Å²) in [5.74, 6) is 1.82. The maximum atomic E-state index is 5.99. The quantitative estimate of drug-likeness (QED) is 0.848. The van der Waals surface area contributed by atoms with Crippen molar-refractivity contribution < 1.29 is 14.2 Å². The largest absolute Gasteiger partial charge is 0.497 e. The van der Waals surface area contributed by atoms with Gasteiger partial charge in [-0.1, -0.05) is 30.3 Å². The Kier molecular flexibility index (Phi) is 5.61. The molecule has 126 valence electrons. The van der Waals surface area contributed by atoms with Crippen molar-refractivity contribution in [3.8, 4) is 11.5 Å². The molecule has 0 aliphatic carbocycles. The minimum atomic E-state index is 0.0430. The molecule has 0 amide bonds. The molecular weight excluding hydrogens is 302 g/mol. The molecule has 1 aliphatic rings. The Balaban J connectivity index is 1.59. The van der Waals surface area contributed by atoms with Crippen LogP contribution < -0.4 is 14.8 Å². The molecule has 0 radical (unpaired) electrons. The number of rotatable bonds is 7. The van der Waals surface area contributed by atoms with Crippen molar-refractivity contribution in [3.05, 3.63) is 72.1 Å². The van der Waals surface area contributed by atoms with Crippen LogP contribution in [0.1, 0.15) is 11.1 Å². The van der Waals surface area contributed by atoms with Gasteiger partial charge in [-0.15, -0.1) is 0 Å². The highest BCUT2D eigenvalue weighted by atomic mass is 16.5. The highest BCUT2D eigenvalue weighted by Gasteiger charge is 2.12. The molecule has 2 aromatic carbocycles. The first-order chi connectivity index (χ1) is 11.8. The zero-order valence-corrected chi connectivity index (χ0v) is 13.9. The van der Waals surface area contributed by atoms with Gasteiger partial charge in [0, 0.05) is 6.20 Å². The molecule has 4 heteroatoms. The summed E-state index contributed by atoms with van der Waals surface area (Å²) in [5.41, 5.74) is 2.47. The van der Waals surface area contributed by atoms with E-state index >= 15 is 0 Å². The van der Waals surface area contributed by atoms with Gasteiger partial charge < -0.3 is 19.5 Å². The van der Waals surface area contributed by atoms with Crippen molar-refractivity contribution in [1.82, 2.24) is 5.32 Å². The number of para-hydroxylation sites is 1. The second-order valence-electron chi connectivity index (χ2n) is 5.74. The summed E-state index contributed by atoms with van der Waals surface area (Å²) in [6.07, 6.45) is 5.39. The summed E-state index contributed by atoms with van der Waals surface area (Å²) in [5, 5.41) is 3.15. The van der Waals surface area contributed by atoms with E-state index in [1.165, 1.54) is 11.1 Å². The average Bonchev–Trinajstić information content (AvgIpc) is 2.66. The summed E-state index contributed by atoms with van der Waals surface area (Å²) in [4.78, 5) is 0. The van der Waals surface area contributed by atoms with Gasteiger partial charge >= 0.3 is 0 Å².